The van der Waals surface area contributed by atoms with Gasteiger partial charge < -0.3 is 25.4 Å². The van der Waals surface area contributed by atoms with Crippen LogP contribution in [0.3, 0.4) is 0 Å². The van der Waals surface area contributed by atoms with Crippen molar-refractivity contribution in [1.82, 2.24) is 25.5 Å². The maximum Gasteiger partial charge on any atom is 0.268 e. The van der Waals surface area contributed by atoms with Gasteiger partial charge in [-0.1, -0.05) is 38.1 Å². The highest BCUT2D eigenvalue weighted by Crippen LogP contribution is 2.29. The van der Waals surface area contributed by atoms with Gasteiger partial charge in [0.25, 0.3) is 5.89 Å². The zero-order chi connectivity index (χ0) is 23.9. The van der Waals surface area contributed by atoms with Crippen LogP contribution in [0.5, 0.6) is 0 Å². The SMILES string of the molecule is COCCNCc1ccc(-c2nnc(-c3nc(-c4ccc(SC(C)C)cc4)cnc3C)o2)cc1.O.O.[HH]. The van der Waals surface area contributed by atoms with Gasteiger partial charge in [-0.25, -0.2) is 4.98 Å². The van der Waals surface area contributed by atoms with Crippen LogP contribution < -0.4 is 5.32 Å². The molecule has 0 bridgehead atoms. The van der Waals surface area contributed by atoms with Crippen LogP contribution in [0.2, 0.25) is 0 Å². The third-order valence-corrected chi connectivity index (χ3v) is 6.13. The molecule has 0 aliphatic carbocycles. The lowest BCUT2D eigenvalue weighted by molar-refractivity contribution is 0.199. The molecule has 194 valence electrons. The van der Waals surface area contributed by atoms with Crippen molar-refractivity contribution in [2.75, 3.05) is 20.3 Å². The van der Waals surface area contributed by atoms with E-state index in [0.29, 0.717) is 29.3 Å². The summed E-state index contributed by atoms with van der Waals surface area (Å²) < 4.78 is 11.0. The Hall–Kier alpha value is -3.15. The van der Waals surface area contributed by atoms with Crippen LogP contribution in [0.1, 0.15) is 26.5 Å². The molecule has 2 heterocycles. The predicted octanol–water partition coefficient (Wildman–Crippen LogP) is 4.00. The highest BCUT2D eigenvalue weighted by molar-refractivity contribution is 7.99. The van der Waals surface area contributed by atoms with Crippen molar-refractivity contribution < 1.29 is 21.5 Å². The molecule has 0 saturated carbocycles. The predicted molar refractivity (Wildman–Crippen MR) is 145 cm³/mol. The number of aromatic nitrogens is 4. The Labute approximate surface area is 216 Å². The van der Waals surface area contributed by atoms with Gasteiger partial charge in [-0.2, -0.15) is 0 Å². The Morgan fingerprint density at radius 3 is 2.31 bits per heavy atom. The fourth-order valence-corrected chi connectivity index (χ4v) is 4.21. The Morgan fingerprint density at radius 2 is 1.64 bits per heavy atom. The third-order valence-electron chi connectivity index (χ3n) is 5.12. The van der Waals surface area contributed by atoms with Crippen molar-refractivity contribution in [2.24, 2.45) is 0 Å². The standard InChI is InChI=1S/C26H29N5O2S.2H2O.H2/c1-17(2)34-22-11-9-20(10-12-22)23-16-28-18(3)24(29-23)26-31-30-25(33-26)21-7-5-19(6-8-21)15-27-13-14-32-4;;;/h5-12,16-17,27H,13-15H2,1-4H3;2*1H2;1H. The summed E-state index contributed by atoms with van der Waals surface area (Å²) in [5.74, 6) is 0.815. The highest BCUT2D eigenvalue weighted by Gasteiger charge is 2.16. The van der Waals surface area contributed by atoms with Crippen molar-refractivity contribution in [3.63, 3.8) is 0 Å². The molecule has 0 radical (unpaired) electrons. The van der Waals surface area contributed by atoms with Crippen LogP contribution in [-0.2, 0) is 11.3 Å². The monoisotopic (exact) mass is 513 g/mol. The van der Waals surface area contributed by atoms with E-state index in [1.165, 1.54) is 10.5 Å². The van der Waals surface area contributed by atoms with Gasteiger partial charge in [0.2, 0.25) is 5.89 Å². The van der Waals surface area contributed by atoms with Crippen molar-refractivity contribution in [1.29, 1.82) is 0 Å². The lowest BCUT2D eigenvalue weighted by Crippen LogP contribution is -2.18. The normalized spacial score (nSPS) is 10.7. The molecule has 4 rings (SSSR count). The average molecular weight is 514 g/mol. The van der Waals surface area contributed by atoms with E-state index in [2.05, 4.69) is 58.6 Å². The summed E-state index contributed by atoms with van der Waals surface area (Å²) in [4.78, 5) is 10.5. The number of nitrogens with zero attached hydrogens (tertiary/aromatic N) is 4. The lowest BCUT2D eigenvalue weighted by atomic mass is 10.1. The van der Waals surface area contributed by atoms with Gasteiger partial charge in [0.15, 0.2) is 0 Å². The van der Waals surface area contributed by atoms with E-state index in [9.17, 15) is 0 Å². The number of aryl methyl sites for hydroxylation is 1. The fraction of sp³-hybridized carbons (Fsp3) is 0.308. The van der Waals surface area contributed by atoms with E-state index < -0.39 is 0 Å². The summed E-state index contributed by atoms with van der Waals surface area (Å²) in [6.07, 6.45) is 1.78. The second-order valence-electron chi connectivity index (χ2n) is 8.16. The number of hydrogen-bond donors (Lipinski definition) is 1. The summed E-state index contributed by atoms with van der Waals surface area (Å²) >= 11 is 1.83. The van der Waals surface area contributed by atoms with Crippen molar-refractivity contribution in [3.8, 4) is 34.3 Å². The molecular formula is C26H35N5O4S. The molecule has 0 amide bonds. The molecule has 0 fully saturated rings. The summed E-state index contributed by atoms with van der Waals surface area (Å²) in [6.45, 7) is 8.54. The van der Waals surface area contributed by atoms with Crippen molar-refractivity contribution in [2.45, 2.75) is 37.5 Å². The number of rotatable bonds is 10. The summed E-state index contributed by atoms with van der Waals surface area (Å²) in [5, 5.41) is 12.4. The quantitative estimate of drug-likeness (QED) is 0.247. The molecule has 0 unspecified atom stereocenters. The summed E-state index contributed by atoms with van der Waals surface area (Å²) in [5.41, 5.74) is 5.13. The largest absolute Gasteiger partial charge is 0.415 e. The smallest absolute Gasteiger partial charge is 0.268 e. The Morgan fingerprint density at radius 1 is 0.972 bits per heavy atom. The first kappa shape index (κ1) is 29.1. The number of methoxy groups -OCH3 is 1. The van der Waals surface area contributed by atoms with Crippen molar-refractivity contribution in [3.05, 3.63) is 66.0 Å². The molecule has 0 saturated heterocycles. The first-order valence-electron chi connectivity index (χ1n) is 11.3. The van der Waals surface area contributed by atoms with E-state index in [4.69, 9.17) is 14.1 Å². The minimum absolute atomic E-state index is 0. The second kappa shape index (κ2) is 13.8. The van der Waals surface area contributed by atoms with Gasteiger partial charge >= 0.3 is 0 Å². The molecule has 0 atom stereocenters. The topological polar surface area (TPSA) is 149 Å². The molecule has 0 aliphatic heterocycles. The lowest BCUT2D eigenvalue weighted by Gasteiger charge is -2.07. The Balaban J connectivity index is 0.00000228. The van der Waals surface area contributed by atoms with E-state index in [0.717, 1.165) is 35.6 Å². The summed E-state index contributed by atoms with van der Waals surface area (Å²) in [7, 11) is 1.70. The first-order valence-corrected chi connectivity index (χ1v) is 12.1. The second-order valence-corrected chi connectivity index (χ2v) is 9.81. The Kier molecular flexibility index (Phi) is 11.2. The van der Waals surface area contributed by atoms with E-state index in [1.807, 2.05) is 43.0 Å². The highest BCUT2D eigenvalue weighted by atomic mass is 32.2. The number of nitrogens with one attached hydrogen (secondary N) is 1. The average Bonchev–Trinajstić information content (AvgIpc) is 3.33. The molecule has 0 spiro atoms. The van der Waals surface area contributed by atoms with Crippen LogP contribution in [-0.4, -0.2) is 56.6 Å². The summed E-state index contributed by atoms with van der Waals surface area (Å²) in [6, 6.07) is 16.4. The van der Waals surface area contributed by atoms with Gasteiger partial charge in [-0.3, -0.25) is 4.98 Å². The molecule has 10 heteroatoms. The molecule has 0 aliphatic rings. The van der Waals surface area contributed by atoms with Gasteiger partial charge in [0.1, 0.15) is 5.69 Å². The van der Waals surface area contributed by atoms with Crippen LogP contribution in [0.15, 0.2) is 64.0 Å². The van der Waals surface area contributed by atoms with E-state index in [-0.39, 0.29) is 12.4 Å². The molecular weight excluding hydrogens is 478 g/mol. The van der Waals surface area contributed by atoms with Gasteiger partial charge in [-0.05, 0) is 36.8 Å². The van der Waals surface area contributed by atoms with Crippen LogP contribution in [0.25, 0.3) is 34.3 Å². The van der Waals surface area contributed by atoms with Crippen LogP contribution >= 0.6 is 11.8 Å². The zero-order valence-electron chi connectivity index (χ0n) is 20.9. The van der Waals surface area contributed by atoms with E-state index >= 15 is 0 Å². The number of ether oxygens (including phenoxy) is 1. The third kappa shape index (κ3) is 7.42. The van der Waals surface area contributed by atoms with E-state index in [1.54, 1.807) is 13.3 Å². The molecule has 9 nitrogen and oxygen atoms in total. The molecule has 2 aromatic heterocycles. The Bertz CT molecular complexity index is 1220. The van der Waals surface area contributed by atoms with Crippen LogP contribution in [0.4, 0.5) is 0 Å². The van der Waals surface area contributed by atoms with Gasteiger partial charge in [0, 0.05) is 42.9 Å². The molecule has 2 aromatic carbocycles. The number of hydrogen-bond acceptors (Lipinski definition) is 8. The molecule has 36 heavy (non-hydrogen) atoms. The first-order chi connectivity index (χ1) is 16.5. The number of thioether (sulfide) groups is 1. The maximum atomic E-state index is 5.98. The van der Waals surface area contributed by atoms with Gasteiger partial charge in [-0.15, -0.1) is 22.0 Å². The van der Waals surface area contributed by atoms with Crippen LogP contribution in [0, 0.1) is 6.92 Å². The maximum absolute atomic E-state index is 5.98. The van der Waals surface area contributed by atoms with Gasteiger partial charge in [0.05, 0.1) is 24.2 Å². The number of benzene rings is 2. The minimum atomic E-state index is 0. The van der Waals surface area contributed by atoms with Crippen molar-refractivity contribution >= 4 is 11.8 Å². The minimum Gasteiger partial charge on any atom is -0.415 e. The fourth-order valence-electron chi connectivity index (χ4n) is 3.38. The molecule has 5 N–H and O–H groups in total. The zero-order valence-corrected chi connectivity index (χ0v) is 21.7. The molecule has 4 aromatic rings.